The highest BCUT2D eigenvalue weighted by molar-refractivity contribution is 5.83. The molecule has 2 rings (SSSR count). The Morgan fingerprint density at radius 2 is 1.64 bits per heavy atom. The van der Waals surface area contributed by atoms with Gasteiger partial charge in [-0.25, -0.2) is 5.43 Å². The van der Waals surface area contributed by atoms with E-state index in [1.54, 1.807) is 30.5 Å². The van der Waals surface area contributed by atoms with E-state index < -0.39 is 0 Å². The van der Waals surface area contributed by atoms with Gasteiger partial charge < -0.3 is 14.4 Å². The number of nitrogens with one attached hydrogen (secondary N) is 1. The van der Waals surface area contributed by atoms with Gasteiger partial charge in [-0.15, -0.1) is 0 Å². The van der Waals surface area contributed by atoms with Gasteiger partial charge in [0.05, 0.1) is 12.8 Å². The van der Waals surface area contributed by atoms with E-state index in [0.717, 1.165) is 17.0 Å². The summed E-state index contributed by atoms with van der Waals surface area (Å²) in [5, 5.41) is 3.93. The molecule has 0 aliphatic carbocycles. The number of carbonyl (C=O) groups excluding carboxylic acids is 1. The van der Waals surface area contributed by atoms with E-state index in [0.29, 0.717) is 12.4 Å². The summed E-state index contributed by atoms with van der Waals surface area (Å²) < 4.78 is 10.7. The zero-order chi connectivity index (χ0) is 18.1. The number of hydrazone groups is 1. The molecule has 2 aromatic rings. The van der Waals surface area contributed by atoms with Gasteiger partial charge >= 0.3 is 0 Å². The summed E-state index contributed by atoms with van der Waals surface area (Å²) in [5.74, 6) is 1.04. The Balaban J connectivity index is 1.76. The summed E-state index contributed by atoms with van der Waals surface area (Å²) in [7, 11) is 3.96. The van der Waals surface area contributed by atoms with E-state index in [4.69, 9.17) is 9.47 Å². The van der Waals surface area contributed by atoms with Crippen molar-refractivity contribution in [1.29, 1.82) is 0 Å². The predicted octanol–water partition coefficient (Wildman–Crippen LogP) is 2.68. The van der Waals surface area contributed by atoms with E-state index in [1.165, 1.54) is 0 Å². The fourth-order valence-corrected chi connectivity index (χ4v) is 2.02. The number of carbonyl (C=O) groups is 1. The van der Waals surface area contributed by atoms with E-state index in [2.05, 4.69) is 10.5 Å². The van der Waals surface area contributed by atoms with Gasteiger partial charge in [0.1, 0.15) is 11.5 Å². The van der Waals surface area contributed by atoms with Crippen LogP contribution in [-0.4, -0.2) is 39.4 Å². The van der Waals surface area contributed by atoms with Crippen molar-refractivity contribution in [2.45, 2.75) is 6.92 Å². The van der Waals surface area contributed by atoms with Crippen LogP contribution in [-0.2, 0) is 4.79 Å². The molecule has 2 aromatic carbocycles. The molecule has 0 unspecified atom stereocenters. The van der Waals surface area contributed by atoms with Crippen LogP contribution >= 0.6 is 0 Å². The monoisotopic (exact) mass is 341 g/mol. The van der Waals surface area contributed by atoms with Crippen molar-refractivity contribution in [1.82, 2.24) is 5.43 Å². The van der Waals surface area contributed by atoms with Crippen molar-refractivity contribution < 1.29 is 14.3 Å². The highest BCUT2D eigenvalue weighted by Gasteiger charge is 2.02. The van der Waals surface area contributed by atoms with Crippen molar-refractivity contribution >= 4 is 17.8 Å². The number of anilines is 1. The molecule has 0 heterocycles. The minimum Gasteiger partial charge on any atom is -0.494 e. The molecule has 0 bridgehead atoms. The second-order valence-corrected chi connectivity index (χ2v) is 5.47. The molecule has 6 nitrogen and oxygen atoms in total. The topological polar surface area (TPSA) is 63.2 Å². The third kappa shape index (κ3) is 6.18. The molecular weight excluding hydrogens is 318 g/mol. The molecule has 0 radical (unpaired) electrons. The maximum atomic E-state index is 11.7. The Labute approximate surface area is 148 Å². The van der Waals surface area contributed by atoms with Crippen molar-refractivity contribution in [3.05, 3.63) is 54.1 Å². The summed E-state index contributed by atoms with van der Waals surface area (Å²) in [6, 6.07) is 14.9. The average Bonchev–Trinajstić information content (AvgIpc) is 2.62. The van der Waals surface area contributed by atoms with Gasteiger partial charge in [-0.1, -0.05) is 12.1 Å². The van der Waals surface area contributed by atoms with Crippen molar-refractivity contribution in [2.75, 3.05) is 32.2 Å². The number of hydrogen-bond acceptors (Lipinski definition) is 5. The molecule has 132 valence electrons. The minimum absolute atomic E-state index is 0.106. The van der Waals surface area contributed by atoms with Crippen LogP contribution < -0.4 is 19.8 Å². The van der Waals surface area contributed by atoms with E-state index in [1.807, 2.05) is 50.2 Å². The number of rotatable bonds is 8. The second-order valence-electron chi connectivity index (χ2n) is 5.47. The Hall–Kier alpha value is -3.02. The van der Waals surface area contributed by atoms with Gasteiger partial charge in [-0.3, -0.25) is 4.79 Å². The predicted molar refractivity (Wildman–Crippen MR) is 99.6 cm³/mol. The first kappa shape index (κ1) is 18.3. The number of nitrogens with zero attached hydrogens (tertiary/aromatic N) is 2. The maximum absolute atomic E-state index is 11.7. The zero-order valence-electron chi connectivity index (χ0n) is 14.7. The molecule has 0 fully saturated rings. The maximum Gasteiger partial charge on any atom is 0.277 e. The lowest BCUT2D eigenvalue weighted by molar-refractivity contribution is -0.123. The Bertz CT molecular complexity index is 695. The van der Waals surface area contributed by atoms with Gasteiger partial charge in [0.2, 0.25) is 0 Å². The van der Waals surface area contributed by atoms with Crippen LogP contribution in [0.2, 0.25) is 0 Å². The van der Waals surface area contributed by atoms with Crippen LogP contribution in [0, 0.1) is 0 Å². The lowest BCUT2D eigenvalue weighted by atomic mass is 10.2. The summed E-state index contributed by atoms with van der Waals surface area (Å²) in [5.41, 5.74) is 4.44. The number of ether oxygens (including phenoxy) is 2. The first-order chi connectivity index (χ1) is 12.1. The standard InChI is InChI=1S/C19H23N3O3/c1-4-24-17-9-11-18(12-10-17)25-14-19(23)21-20-13-15-5-7-16(8-6-15)22(2)3/h5-13H,4,14H2,1-3H3,(H,21,23)/b20-13-. The zero-order valence-corrected chi connectivity index (χ0v) is 14.7. The lowest BCUT2D eigenvalue weighted by Gasteiger charge is -2.11. The van der Waals surface area contributed by atoms with Gasteiger partial charge in [0.25, 0.3) is 5.91 Å². The van der Waals surface area contributed by atoms with Gasteiger partial charge in [0, 0.05) is 19.8 Å². The first-order valence-electron chi connectivity index (χ1n) is 8.03. The summed E-state index contributed by atoms with van der Waals surface area (Å²) in [4.78, 5) is 13.8. The van der Waals surface area contributed by atoms with Gasteiger partial charge in [-0.2, -0.15) is 5.10 Å². The third-order valence-corrected chi connectivity index (χ3v) is 3.32. The molecule has 0 aliphatic rings. The number of benzene rings is 2. The average molecular weight is 341 g/mol. The minimum atomic E-state index is -0.324. The molecule has 0 aliphatic heterocycles. The molecule has 0 saturated carbocycles. The van der Waals surface area contributed by atoms with E-state index in [-0.39, 0.29) is 12.5 Å². The molecule has 25 heavy (non-hydrogen) atoms. The SMILES string of the molecule is CCOc1ccc(OCC(=O)N/N=C\c2ccc(N(C)C)cc2)cc1. The van der Waals surface area contributed by atoms with Crippen molar-refractivity contribution in [3.63, 3.8) is 0 Å². The fraction of sp³-hybridized carbons (Fsp3) is 0.263. The van der Waals surface area contributed by atoms with E-state index >= 15 is 0 Å². The lowest BCUT2D eigenvalue weighted by Crippen LogP contribution is -2.24. The van der Waals surface area contributed by atoms with Crippen molar-refractivity contribution in [3.8, 4) is 11.5 Å². The Kier molecular flexibility index (Phi) is 6.83. The van der Waals surface area contributed by atoms with Crippen LogP contribution in [0.4, 0.5) is 5.69 Å². The van der Waals surface area contributed by atoms with Crippen LogP contribution in [0.1, 0.15) is 12.5 Å². The molecule has 0 atom stereocenters. The summed E-state index contributed by atoms with van der Waals surface area (Å²) >= 11 is 0. The largest absolute Gasteiger partial charge is 0.494 e. The molecule has 0 spiro atoms. The second kappa shape index (κ2) is 9.32. The highest BCUT2D eigenvalue weighted by atomic mass is 16.5. The Morgan fingerprint density at radius 1 is 1.04 bits per heavy atom. The normalized spacial score (nSPS) is 10.5. The molecule has 0 aromatic heterocycles. The van der Waals surface area contributed by atoms with Crippen LogP contribution in [0.5, 0.6) is 11.5 Å². The smallest absolute Gasteiger partial charge is 0.277 e. The molecule has 0 saturated heterocycles. The highest BCUT2D eigenvalue weighted by Crippen LogP contribution is 2.17. The van der Waals surface area contributed by atoms with Crippen LogP contribution in [0.25, 0.3) is 0 Å². The number of amides is 1. The first-order valence-corrected chi connectivity index (χ1v) is 8.03. The quantitative estimate of drug-likeness (QED) is 0.592. The summed E-state index contributed by atoms with van der Waals surface area (Å²) in [6.45, 7) is 2.43. The van der Waals surface area contributed by atoms with Gasteiger partial charge in [0.15, 0.2) is 6.61 Å². The molecule has 1 N–H and O–H groups in total. The molecule has 6 heteroatoms. The Morgan fingerprint density at radius 3 is 2.20 bits per heavy atom. The van der Waals surface area contributed by atoms with Crippen molar-refractivity contribution in [2.24, 2.45) is 5.10 Å². The fourth-order valence-electron chi connectivity index (χ4n) is 2.02. The molecule has 1 amide bonds. The summed E-state index contributed by atoms with van der Waals surface area (Å²) in [6.07, 6.45) is 1.59. The molecular formula is C19H23N3O3. The number of hydrogen-bond donors (Lipinski definition) is 1. The van der Waals surface area contributed by atoms with E-state index in [9.17, 15) is 4.79 Å². The van der Waals surface area contributed by atoms with Gasteiger partial charge in [-0.05, 0) is 48.9 Å². The van der Waals surface area contributed by atoms with Crippen LogP contribution in [0.15, 0.2) is 53.6 Å². The third-order valence-electron chi connectivity index (χ3n) is 3.32. The van der Waals surface area contributed by atoms with Crippen LogP contribution in [0.3, 0.4) is 0 Å².